The van der Waals surface area contributed by atoms with Crippen molar-refractivity contribution in [3.05, 3.63) is 52.2 Å². The second kappa shape index (κ2) is 7.34. The molecule has 1 amide bonds. The van der Waals surface area contributed by atoms with Crippen LogP contribution in [-0.2, 0) is 10.3 Å². The average molecular weight is 346 g/mol. The van der Waals surface area contributed by atoms with E-state index in [4.69, 9.17) is 4.74 Å². The molecule has 1 aliphatic rings. The Labute approximate surface area is 145 Å². The van der Waals surface area contributed by atoms with Gasteiger partial charge >= 0.3 is 0 Å². The zero-order chi connectivity index (χ0) is 17.0. The maximum Gasteiger partial charge on any atom is 0.253 e. The van der Waals surface area contributed by atoms with E-state index in [-0.39, 0.29) is 12.5 Å². The van der Waals surface area contributed by atoms with Gasteiger partial charge in [0.1, 0.15) is 5.60 Å². The first-order chi connectivity index (χ1) is 11.6. The summed E-state index contributed by atoms with van der Waals surface area (Å²) >= 11 is 1.48. The third kappa shape index (κ3) is 3.77. The van der Waals surface area contributed by atoms with Crippen LogP contribution >= 0.6 is 11.3 Å². The molecular weight excluding hydrogens is 324 g/mol. The minimum absolute atomic E-state index is 0.170. The highest BCUT2D eigenvalue weighted by Gasteiger charge is 2.26. The summed E-state index contributed by atoms with van der Waals surface area (Å²) in [7, 11) is 0. The number of nitrogens with zero attached hydrogens (tertiary/aromatic N) is 1. The number of para-hydroxylation sites is 1. The van der Waals surface area contributed by atoms with E-state index >= 15 is 0 Å². The van der Waals surface area contributed by atoms with Crippen molar-refractivity contribution in [1.29, 1.82) is 0 Å². The maximum absolute atomic E-state index is 12.6. The molecule has 1 aromatic heterocycles. The van der Waals surface area contributed by atoms with E-state index in [0.717, 1.165) is 23.7 Å². The Kier molecular flexibility index (Phi) is 5.18. The van der Waals surface area contributed by atoms with Gasteiger partial charge in [-0.3, -0.25) is 4.79 Å². The molecule has 1 saturated heterocycles. The van der Waals surface area contributed by atoms with Crippen molar-refractivity contribution in [3.8, 4) is 0 Å². The van der Waals surface area contributed by atoms with Crippen LogP contribution in [0.4, 0.5) is 5.69 Å². The van der Waals surface area contributed by atoms with E-state index < -0.39 is 5.60 Å². The van der Waals surface area contributed by atoms with E-state index in [1.165, 1.54) is 11.3 Å². The first kappa shape index (κ1) is 17.0. The fraction of sp³-hybridized carbons (Fsp3) is 0.389. The summed E-state index contributed by atoms with van der Waals surface area (Å²) in [6, 6.07) is 11.3. The number of amides is 1. The highest BCUT2D eigenvalue weighted by Crippen LogP contribution is 2.25. The highest BCUT2D eigenvalue weighted by atomic mass is 32.1. The first-order valence-corrected chi connectivity index (χ1v) is 8.92. The summed E-state index contributed by atoms with van der Waals surface area (Å²) in [6.45, 7) is 4.78. The average Bonchev–Trinajstić information content (AvgIpc) is 3.16. The van der Waals surface area contributed by atoms with Crippen LogP contribution < -0.4 is 10.2 Å². The molecule has 6 heteroatoms. The molecule has 3 rings (SSSR count). The Morgan fingerprint density at radius 2 is 2.04 bits per heavy atom. The van der Waals surface area contributed by atoms with Crippen molar-refractivity contribution in [2.24, 2.45) is 0 Å². The predicted octanol–water partition coefficient (Wildman–Crippen LogP) is 2.22. The summed E-state index contributed by atoms with van der Waals surface area (Å²) in [5.74, 6) is -0.172. The zero-order valence-corrected chi connectivity index (χ0v) is 14.5. The molecule has 5 nitrogen and oxygen atoms in total. The molecule has 2 heterocycles. The van der Waals surface area contributed by atoms with Gasteiger partial charge in [-0.25, -0.2) is 0 Å². The third-order valence-electron chi connectivity index (χ3n) is 4.15. The fourth-order valence-electron chi connectivity index (χ4n) is 2.77. The highest BCUT2D eigenvalue weighted by molar-refractivity contribution is 7.10. The maximum atomic E-state index is 12.6. The number of thiophene rings is 1. The van der Waals surface area contributed by atoms with Crippen molar-refractivity contribution >= 4 is 22.9 Å². The van der Waals surface area contributed by atoms with Gasteiger partial charge < -0.3 is 20.1 Å². The molecule has 0 aliphatic carbocycles. The van der Waals surface area contributed by atoms with Gasteiger partial charge in [-0.1, -0.05) is 18.2 Å². The van der Waals surface area contributed by atoms with Crippen molar-refractivity contribution in [3.63, 3.8) is 0 Å². The number of hydrogen-bond donors (Lipinski definition) is 2. The number of anilines is 1. The number of benzene rings is 1. The molecule has 1 atom stereocenters. The molecule has 0 bridgehead atoms. The number of ether oxygens (including phenoxy) is 1. The lowest BCUT2D eigenvalue weighted by Gasteiger charge is -2.30. The quantitative estimate of drug-likeness (QED) is 0.871. The van der Waals surface area contributed by atoms with Gasteiger partial charge in [-0.2, -0.15) is 0 Å². The summed E-state index contributed by atoms with van der Waals surface area (Å²) in [6.07, 6.45) is 0. The molecule has 1 aromatic carbocycles. The molecule has 1 unspecified atom stereocenters. The number of rotatable bonds is 5. The number of aliphatic hydroxyl groups is 1. The summed E-state index contributed by atoms with van der Waals surface area (Å²) in [5, 5.41) is 15.3. The zero-order valence-electron chi connectivity index (χ0n) is 13.7. The lowest BCUT2D eigenvalue weighted by molar-refractivity contribution is 0.0557. The fourth-order valence-corrected chi connectivity index (χ4v) is 3.55. The monoisotopic (exact) mass is 346 g/mol. The van der Waals surface area contributed by atoms with Crippen LogP contribution in [0.2, 0.25) is 0 Å². The Hall–Kier alpha value is -1.89. The minimum atomic E-state index is -1.07. The Bertz CT molecular complexity index is 679. The molecule has 2 aromatic rings. The largest absolute Gasteiger partial charge is 0.383 e. The minimum Gasteiger partial charge on any atom is -0.383 e. The van der Waals surface area contributed by atoms with Crippen LogP contribution in [-0.4, -0.2) is 43.9 Å². The lowest BCUT2D eigenvalue weighted by atomic mass is 10.0. The Morgan fingerprint density at radius 1 is 1.29 bits per heavy atom. The standard InChI is InChI=1S/C18H22N2O3S/c1-18(22,16-7-4-12-24-16)13-19-17(21)14-5-2-3-6-15(14)20-8-10-23-11-9-20/h2-7,12,22H,8-11,13H2,1H3,(H,19,21). The van der Waals surface area contributed by atoms with Gasteiger partial charge in [0.2, 0.25) is 0 Å². The van der Waals surface area contributed by atoms with Gasteiger partial charge in [0.05, 0.1) is 25.3 Å². The third-order valence-corrected chi connectivity index (χ3v) is 5.27. The number of nitrogens with one attached hydrogen (secondary N) is 1. The van der Waals surface area contributed by atoms with Crippen molar-refractivity contribution in [2.45, 2.75) is 12.5 Å². The van der Waals surface area contributed by atoms with Crippen LogP contribution in [0.15, 0.2) is 41.8 Å². The Balaban J connectivity index is 1.71. The van der Waals surface area contributed by atoms with Crippen molar-refractivity contribution < 1.29 is 14.6 Å². The topological polar surface area (TPSA) is 61.8 Å². The normalized spacial score (nSPS) is 17.3. The number of carbonyl (C=O) groups excluding carboxylic acids is 1. The lowest BCUT2D eigenvalue weighted by Crippen LogP contribution is -2.40. The molecule has 2 N–H and O–H groups in total. The van der Waals surface area contributed by atoms with E-state index in [0.29, 0.717) is 18.8 Å². The smallest absolute Gasteiger partial charge is 0.253 e. The van der Waals surface area contributed by atoms with Crippen LogP contribution in [0.25, 0.3) is 0 Å². The van der Waals surface area contributed by atoms with Crippen molar-refractivity contribution in [2.75, 3.05) is 37.7 Å². The molecule has 1 fully saturated rings. The van der Waals surface area contributed by atoms with E-state index in [2.05, 4.69) is 10.2 Å². The molecule has 1 aliphatic heterocycles. The molecular formula is C18H22N2O3S. The van der Waals surface area contributed by atoms with Crippen LogP contribution in [0, 0.1) is 0 Å². The van der Waals surface area contributed by atoms with Crippen molar-refractivity contribution in [1.82, 2.24) is 5.32 Å². The summed E-state index contributed by atoms with van der Waals surface area (Å²) in [5.41, 5.74) is 0.466. The van der Waals surface area contributed by atoms with E-state index in [9.17, 15) is 9.90 Å². The summed E-state index contributed by atoms with van der Waals surface area (Å²) in [4.78, 5) is 15.6. The summed E-state index contributed by atoms with van der Waals surface area (Å²) < 4.78 is 5.38. The number of morpholine rings is 1. The van der Waals surface area contributed by atoms with E-state index in [1.807, 2.05) is 41.8 Å². The SMILES string of the molecule is CC(O)(CNC(=O)c1ccccc1N1CCOCC1)c1cccs1. The molecule has 0 saturated carbocycles. The van der Waals surface area contributed by atoms with Gasteiger partial charge in [-0.05, 0) is 30.5 Å². The second-order valence-electron chi connectivity index (χ2n) is 6.05. The number of hydrogen-bond acceptors (Lipinski definition) is 5. The van der Waals surface area contributed by atoms with Gasteiger partial charge in [0, 0.05) is 23.7 Å². The molecule has 0 spiro atoms. The van der Waals surface area contributed by atoms with Gasteiger partial charge in [0.15, 0.2) is 0 Å². The van der Waals surface area contributed by atoms with Crippen LogP contribution in [0.5, 0.6) is 0 Å². The second-order valence-corrected chi connectivity index (χ2v) is 7.00. The number of carbonyl (C=O) groups is 1. The molecule has 24 heavy (non-hydrogen) atoms. The van der Waals surface area contributed by atoms with Gasteiger partial charge in [0.25, 0.3) is 5.91 Å². The molecule has 128 valence electrons. The van der Waals surface area contributed by atoms with Crippen LogP contribution in [0.3, 0.4) is 0 Å². The van der Waals surface area contributed by atoms with Gasteiger partial charge in [-0.15, -0.1) is 11.3 Å². The molecule has 0 radical (unpaired) electrons. The van der Waals surface area contributed by atoms with Crippen LogP contribution in [0.1, 0.15) is 22.2 Å². The Morgan fingerprint density at radius 3 is 2.75 bits per heavy atom. The predicted molar refractivity (Wildman–Crippen MR) is 95.7 cm³/mol. The van der Waals surface area contributed by atoms with E-state index in [1.54, 1.807) is 6.92 Å². The first-order valence-electron chi connectivity index (χ1n) is 8.04.